The van der Waals surface area contributed by atoms with Crippen LogP contribution in [0.5, 0.6) is 0 Å². The number of allylic oxidation sites excluding steroid dienone is 3. The Labute approximate surface area is 361 Å². The van der Waals surface area contributed by atoms with Crippen LogP contribution in [0.25, 0.3) is 0 Å². The molecule has 5 rings (SSSR count). The lowest BCUT2D eigenvalue weighted by atomic mass is 9.70. The predicted molar refractivity (Wildman–Crippen MR) is 217 cm³/mol. The molecular weight excluding hydrogens is 812 g/mol. The first kappa shape index (κ1) is 48.8. The highest BCUT2D eigenvalue weighted by Crippen LogP contribution is 2.51. The van der Waals surface area contributed by atoms with Crippen LogP contribution in [-0.4, -0.2) is 130 Å². The van der Waals surface area contributed by atoms with Crippen molar-refractivity contribution >= 4 is 29.8 Å². The number of carbonyl (C=O) groups excluding carboxylic acids is 5. The summed E-state index contributed by atoms with van der Waals surface area (Å²) in [6, 6.07) is 0. The SMILES string of the molecule is CCCC=CC=CC(=O)O[C@H]1C2=CC(=O)O[C@H]2[C@H]2C[C@H](CO)OC(=O)C[C@H](O)C[C@@H]3C[C@H](OC(C)=O)C(C)(C)[C@](O)(C[C@@H]4CC(=CC(=O)OC)C[C@H](C=CC(C)(C)[C@]1(O)O2)O4)O3. The van der Waals surface area contributed by atoms with Crippen molar-refractivity contribution in [3.63, 3.8) is 0 Å². The third kappa shape index (κ3) is 11.3. The number of hydrogen-bond donors (Lipinski definition) is 4. The third-order valence-corrected chi connectivity index (χ3v) is 12.2. The van der Waals surface area contributed by atoms with Crippen molar-refractivity contribution in [3.8, 4) is 0 Å². The third-order valence-electron chi connectivity index (χ3n) is 12.2. The fourth-order valence-electron chi connectivity index (χ4n) is 8.66. The van der Waals surface area contributed by atoms with Crippen LogP contribution in [0.3, 0.4) is 0 Å². The van der Waals surface area contributed by atoms with Gasteiger partial charge in [-0.1, -0.05) is 77.0 Å². The van der Waals surface area contributed by atoms with Gasteiger partial charge in [0, 0.05) is 61.8 Å². The summed E-state index contributed by atoms with van der Waals surface area (Å²) in [5, 5.41) is 46.8. The molecule has 0 aliphatic carbocycles. The van der Waals surface area contributed by atoms with Gasteiger partial charge in [0.05, 0.1) is 50.0 Å². The van der Waals surface area contributed by atoms with E-state index < -0.39 is 120 Å². The number of methoxy groups -OCH3 is 1. The zero-order valence-electron chi connectivity index (χ0n) is 36.5. The second kappa shape index (κ2) is 20.1. The fourth-order valence-corrected chi connectivity index (χ4v) is 8.66. The monoisotopic (exact) mass is 874 g/mol. The first-order valence-electron chi connectivity index (χ1n) is 21.2. The van der Waals surface area contributed by atoms with E-state index in [1.165, 1.54) is 26.2 Å². The van der Waals surface area contributed by atoms with Gasteiger partial charge in [0.2, 0.25) is 5.79 Å². The van der Waals surface area contributed by atoms with E-state index in [-0.39, 0.29) is 44.1 Å². The Morgan fingerprint density at radius 1 is 0.935 bits per heavy atom. The van der Waals surface area contributed by atoms with E-state index in [1.54, 1.807) is 45.9 Å². The average Bonchev–Trinajstić information content (AvgIpc) is 3.58. The molecule has 4 N–H and O–H groups in total. The normalized spacial score (nSPS) is 36.9. The van der Waals surface area contributed by atoms with Crippen molar-refractivity contribution in [1.29, 1.82) is 0 Å². The zero-order valence-corrected chi connectivity index (χ0v) is 36.5. The van der Waals surface area contributed by atoms with E-state index in [2.05, 4.69) is 0 Å². The summed E-state index contributed by atoms with van der Waals surface area (Å²) in [5.41, 5.74) is -2.07. The molecule has 0 saturated carbocycles. The summed E-state index contributed by atoms with van der Waals surface area (Å²) in [5.74, 6) is -8.31. The molecule has 5 heterocycles. The maximum atomic E-state index is 13.3. The van der Waals surface area contributed by atoms with Gasteiger partial charge in [0.1, 0.15) is 18.3 Å². The van der Waals surface area contributed by atoms with Crippen LogP contribution in [0.2, 0.25) is 0 Å². The molecule has 0 unspecified atom stereocenters. The van der Waals surface area contributed by atoms with Gasteiger partial charge >= 0.3 is 29.8 Å². The topological polar surface area (TPSA) is 240 Å². The second-order valence-electron chi connectivity index (χ2n) is 17.8. The van der Waals surface area contributed by atoms with Crippen LogP contribution in [0.15, 0.2) is 59.8 Å². The van der Waals surface area contributed by atoms with Crippen molar-refractivity contribution in [2.75, 3.05) is 13.7 Å². The molecular formula is C45H62O17. The summed E-state index contributed by atoms with van der Waals surface area (Å²) >= 11 is 0. The quantitative estimate of drug-likeness (QED) is 0.0900. The van der Waals surface area contributed by atoms with Gasteiger partial charge in [-0.25, -0.2) is 14.4 Å². The number of esters is 5. The number of carbonyl (C=O) groups is 5. The molecule has 6 bridgehead atoms. The summed E-state index contributed by atoms with van der Waals surface area (Å²) in [6.07, 6.45) is 2.45. The van der Waals surface area contributed by atoms with Gasteiger partial charge in [-0.05, 0) is 19.3 Å². The molecule has 0 aromatic carbocycles. The summed E-state index contributed by atoms with van der Waals surface area (Å²) < 4.78 is 47.0. The molecule has 0 aromatic heterocycles. The molecule has 3 saturated heterocycles. The van der Waals surface area contributed by atoms with Crippen LogP contribution in [-0.2, 0) is 61.9 Å². The van der Waals surface area contributed by atoms with Gasteiger partial charge < -0.3 is 58.3 Å². The Bertz CT molecular complexity index is 1830. The molecule has 0 aromatic rings. The smallest absolute Gasteiger partial charge is 0.331 e. The maximum absolute atomic E-state index is 13.3. The Kier molecular flexibility index (Phi) is 15.8. The number of aliphatic hydroxyl groups excluding tert-OH is 2. The fraction of sp³-hybridized carbons (Fsp3) is 0.667. The largest absolute Gasteiger partial charge is 0.466 e. The maximum Gasteiger partial charge on any atom is 0.331 e. The number of unbranched alkanes of at least 4 members (excludes halogenated alkanes) is 1. The second-order valence-corrected chi connectivity index (χ2v) is 17.8. The van der Waals surface area contributed by atoms with E-state index in [0.717, 1.165) is 25.0 Å². The van der Waals surface area contributed by atoms with Gasteiger partial charge in [0.15, 0.2) is 18.0 Å². The number of rotatable bonds is 8. The minimum atomic E-state index is -2.46. The van der Waals surface area contributed by atoms with Crippen LogP contribution < -0.4 is 0 Å². The Hall–Kier alpha value is -4.23. The van der Waals surface area contributed by atoms with Crippen molar-refractivity contribution < 1.29 is 82.3 Å². The summed E-state index contributed by atoms with van der Waals surface area (Å²) in [7, 11) is 1.24. The van der Waals surface area contributed by atoms with E-state index in [4.69, 9.17) is 37.9 Å². The van der Waals surface area contributed by atoms with Crippen LogP contribution in [0.1, 0.15) is 99.3 Å². The zero-order chi connectivity index (χ0) is 45.6. The molecule has 5 aliphatic heterocycles. The van der Waals surface area contributed by atoms with E-state index in [1.807, 2.05) is 13.0 Å². The first-order valence-corrected chi connectivity index (χ1v) is 21.2. The van der Waals surface area contributed by atoms with Crippen molar-refractivity contribution in [2.45, 2.75) is 166 Å². The van der Waals surface area contributed by atoms with Gasteiger partial charge in [-0.3, -0.25) is 9.59 Å². The van der Waals surface area contributed by atoms with Crippen molar-refractivity contribution in [3.05, 3.63) is 59.8 Å². The highest BCUT2D eigenvalue weighted by molar-refractivity contribution is 5.87. The number of aliphatic hydroxyl groups is 4. The summed E-state index contributed by atoms with van der Waals surface area (Å²) in [6.45, 7) is 9.07. The Morgan fingerprint density at radius 2 is 1.68 bits per heavy atom. The average molecular weight is 875 g/mol. The Morgan fingerprint density at radius 3 is 2.35 bits per heavy atom. The van der Waals surface area contributed by atoms with Gasteiger partial charge in [-0.15, -0.1) is 0 Å². The van der Waals surface area contributed by atoms with Crippen LogP contribution in [0.4, 0.5) is 0 Å². The number of hydrogen-bond acceptors (Lipinski definition) is 17. The van der Waals surface area contributed by atoms with Gasteiger partial charge in [0.25, 0.3) is 0 Å². The van der Waals surface area contributed by atoms with Crippen molar-refractivity contribution in [2.24, 2.45) is 10.8 Å². The predicted octanol–water partition coefficient (Wildman–Crippen LogP) is 3.25. The minimum absolute atomic E-state index is 0.0697. The highest BCUT2D eigenvalue weighted by atomic mass is 16.7. The molecule has 62 heavy (non-hydrogen) atoms. The molecule has 11 atom stereocenters. The molecule has 344 valence electrons. The number of fused-ring (bicyclic) bond motifs is 8. The number of ether oxygens (including phenoxy) is 8. The van der Waals surface area contributed by atoms with Crippen molar-refractivity contribution in [1.82, 2.24) is 0 Å². The standard InChI is InChI=1S/C45H62O17/c1-8-9-10-11-12-13-36(49)60-41-33-23-39(52)59-40(33)34-21-32(25-46)58-38(51)20-28(48)19-30-22-35(56-26(2)47)43(5,6)44(53,61-30)24-31-17-27(18-37(50)55-7)16-29(57-31)14-15-42(3,4)45(41,54)62-34/h10-15,18,23,28-32,34-35,40-41,46,48,53-54H,8-9,16-17,19-22,24-25H2,1-7H3/t28-,29+,30-,31+,32-,34-,35+,40-,41+,44+,45-/m1/s1. The van der Waals surface area contributed by atoms with Crippen LogP contribution in [0, 0.1) is 10.8 Å². The minimum Gasteiger partial charge on any atom is -0.466 e. The number of cyclic esters (lactones) is 1. The molecule has 5 aliphatic rings. The highest BCUT2D eigenvalue weighted by Gasteiger charge is 2.63. The lowest BCUT2D eigenvalue weighted by Gasteiger charge is -2.53. The van der Waals surface area contributed by atoms with E-state index in [0.29, 0.717) is 5.57 Å². The molecule has 17 nitrogen and oxygen atoms in total. The molecule has 17 heteroatoms. The van der Waals surface area contributed by atoms with E-state index in [9.17, 15) is 44.4 Å². The molecule has 0 amide bonds. The first-order chi connectivity index (χ1) is 29.1. The van der Waals surface area contributed by atoms with E-state index >= 15 is 0 Å². The molecule has 0 radical (unpaired) electrons. The lowest BCUT2D eigenvalue weighted by Crippen LogP contribution is -2.65. The van der Waals surface area contributed by atoms with Gasteiger partial charge in [-0.2, -0.15) is 0 Å². The van der Waals surface area contributed by atoms with Crippen LogP contribution >= 0.6 is 0 Å². The molecule has 0 spiro atoms. The lowest BCUT2D eigenvalue weighted by molar-refractivity contribution is -0.348. The summed E-state index contributed by atoms with van der Waals surface area (Å²) in [4.78, 5) is 64.4. The molecule has 3 fully saturated rings. The Balaban J connectivity index is 1.60.